The Kier molecular flexibility index (Phi) is 4.96. The number of nitrogens with one attached hydrogen (secondary N) is 1. The number of likely N-dealkylation sites (tertiary alicyclic amines) is 1. The molecule has 1 fully saturated rings. The number of rotatable bonds is 5. The Morgan fingerprint density at radius 2 is 2.25 bits per heavy atom. The molecule has 2 heterocycles. The molecule has 0 spiro atoms. The van der Waals surface area contributed by atoms with Crippen molar-refractivity contribution in [3.8, 4) is 5.75 Å². The van der Waals surface area contributed by atoms with Gasteiger partial charge in [0.2, 0.25) is 0 Å². The van der Waals surface area contributed by atoms with E-state index in [1.165, 1.54) is 6.20 Å². The average Bonchev–Trinajstić information content (AvgIpc) is 3.00. The minimum Gasteiger partial charge on any atom is -0.508 e. The average molecular weight is 326 g/mol. The van der Waals surface area contributed by atoms with Crippen LogP contribution in [0, 0.1) is 5.92 Å². The third-order valence-corrected chi connectivity index (χ3v) is 4.28. The van der Waals surface area contributed by atoms with Gasteiger partial charge in [-0.3, -0.25) is 9.69 Å². The van der Waals surface area contributed by atoms with Gasteiger partial charge in [0, 0.05) is 31.4 Å². The maximum absolute atomic E-state index is 12.1. The molecule has 4 N–H and O–H groups in total. The molecule has 1 amide bonds. The highest BCUT2D eigenvalue weighted by molar-refractivity contribution is 5.94. The van der Waals surface area contributed by atoms with Crippen molar-refractivity contribution in [3.63, 3.8) is 0 Å². The van der Waals surface area contributed by atoms with E-state index in [1.54, 1.807) is 24.3 Å². The lowest BCUT2D eigenvalue weighted by atomic mass is 10.1. The van der Waals surface area contributed by atoms with Gasteiger partial charge in [-0.2, -0.15) is 0 Å². The normalized spacial score (nSPS) is 17.8. The Hall–Kier alpha value is -2.60. The summed E-state index contributed by atoms with van der Waals surface area (Å²) in [7, 11) is 0. The van der Waals surface area contributed by atoms with Crippen molar-refractivity contribution < 1.29 is 9.90 Å². The number of pyridine rings is 1. The Bertz CT molecular complexity index is 720. The number of carbonyl (C=O) groups is 1. The number of nitrogens with zero attached hydrogens (tertiary/aromatic N) is 2. The number of aromatic hydroxyl groups is 1. The van der Waals surface area contributed by atoms with E-state index in [0.717, 1.165) is 31.6 Å². The van der Waals surface area contributed by atoms with Crippen LogP contribution in [0.3, 0.4) is 0 Å². The Morgan fingerprint density at radius 3 is 3.04 bits per heavy atom. The molecule has 1 atom stereocenters. The molecular weight excluding hydrogens is 304 g/mol. The summed E-state index contributed by atoms with van der Waals surface area (Å²) in [4.78, 5) is 18.4. The van der Waals surface area contributed by atoms with Gasteiger partial charge in [-0.05, 0) is 48.7 Å². The number of anilines is 1. The van der Waals surface area contributed by atoms with E-state index in [4.69, 9.17) is 5.73 Å². The van der Waals surface area contributed by atoms with E-state index in [-0.39, 0.29) is 5.91 Å². The van der Waals surface area contributed by atoms with Gasteiger partial charge in [-0.25, -0.2) is 4.98 Å². The number of aromatic nitrogens is 1. The van der Waals surface area contributed by atoms with Crippen molar-refractivity contribution in [2.24, 2.45) is 5.92 Å². The number of benzene rings is 1. The fourth-order valence-corrected chi connectivity index (χ4v) is 3.06. The summed E-state index contributed by atoms with van der Waals surface area (Å²) in [6.07, 6.45) is 2.59. The largest absolute Gasteiger partial charge is 0.508 e. The van der Waals surface area contributed by atoms with Gasteiger partial charge in [0.05, 0.1) is 0 Å². The van der Waals surface area contributed by atoms with Gasteiger partial charge in [0.25, 0.3) is 5.91 Å². The monoisotopic (exact) mass is 326 g/mol. The fourth-order valence-electron chi connectivity index (χ4n) is 3.06. The minimum atomic E-state index is -0.115. The second-order valence-electron chi connectivity index (χ2n) is 6.24. The van der Waals surface area contributed by atoms with Crippen LogP contribution in [0.1, 0.15) is 22.3 Å². The second kappa shape index (κ2) is 7.31. The van der Waals surface area contributed by atoms with Crippen LogP contribution in [0.15, 0.2) is 42.6 Å². The lowest BCUT2D eigenvalue weighted by molar-refractivity contribution is 0.0947. The maximum atomic E-state index is 12.1. The molecule has 6 nitrogen and oxygen atoms in total. The summed E-state index contributed by atoms with van der Waals surface area (Å²) in [6, 6.07) is 10.6. The molecule has 0 aliphatic carbocycles. The molecule has 1 saturated heterocycles. The van der Waals surface area contributed by atoms with Crippen LogP contribution in [0.5, 0.6) is 5.75 Å². The molecular formula is C18H22N4O2. The lowest BCUT2D eigenvalue weighted by Gasteiger charge is -2.16. The molecule has 1 aliphatic heterocycles. The zero-order valence-corrected chi connectivity index (χ0v) is 13.5. The number of amides is 1. The van der Waals surface area contributed by atoms with E-state index >= 15 is 0 Å². The summed E-state index contributed by atoms with van der Waals surface area (Å²) in [5.41, 5.74) is 7.24. The van der Waals surface area contributed by atoms with E-state index in [1.807, 2.05) is 12.1 Å². The van der Waals surface area contributed by atoms with Gasteiger partial charge in [0.1, 0.15) is 11.6 Å². The van der Waals surface area contributed by atoms with Crippen molar-refractivity contribution in [1.82, 2.24) is 15.2 Å². The number of phenols is 1. The van der Waals surface area contributed by atoms with Gasteiger partial charge >= 0.3 is 0 Å². The van der Waals surface area contributed by atoms with Crippen LogP contribution in [-0.4, -0.2) is 40.5 Å². The van der Waals surface area contributed by atoms with Crippen molar-refractivity contribution >= 4 is 11.7 Å². The summed E-state index contributed by atoms with van der Waals surface area (Å²) in [5.74, 6) is 0.967. The zero-order chi connectivity index (χ0) is 16.9. The highest BCUT2D eigenvalue weighted by Crippen LogP contribution is 2.20. The molecule has 6 heteroatoms. The van der Waals surface area contributed by atoms with Crippen molar-refractivity contribution in [2.75, 3.05) is 25.4 Å². The van der Waals surface area contributed by atoms with Gasteiger partial charge in [-0.15, -0.1) is 0 Å². The zero-order valence-electron chi connectivity index (χ0n) is 13.5. The van der Waals surface area contributed by atoms with Crippen LogP contribution in [0.4, 0.5) is 5.82 Å². The van der Waals surface area contributed by atoms with E-state index in [9.17, 15) is 9.90 Å². The summed E-state index contributed by atoms with van der Waals surface area (Å²) in [6.45, 7) is 3.41. The number of hydrogen-bond acceptors (Lipinski definition) is 5. The molecule has 1 aliphatic rings. The molecule has 1 aromatic heterocycles. The fraction of sp³-hybridized carbons (Fsp3) is 0.333. The molecule has 1 aromatic carbocycles. The van der Waals surface area contributed by atoms with E-state index in [0.29, 0.717) is 29.6 Å². The predicted octanol–water partition coefficient (Wildman–Crippen LogP) is 1.62. The molecule has 0 radical (unpaired) electrons. The van der Waals surface area contributed by atoms with Gasteiger partial charge in [-0.1, -0.05) is 12.1 Å². The molecule has 126 valence electrons. The number of nitrogen functional groups attached to an aromatic ring is 1. The van der Waals surface area contributed by atoms with Crippen LogP contribution < -0.4 is 11.1 Å². The number of carbonyl (C=O) groups excluding carboxylic acids is 1. The highest BCUT2D eigenvalue weighted by atomic mass is 16.3. The van der Waals surface area contributed by atoms with Gasteiger partial charge < -0.3 is 16.2 Å². The van der Waals surface area contributed by atoms with Crippen molar-refractivity contribution in [1.29, 1.82) is 0 Å². The van der Waals surface area contributed by atoms with Crippen molar-refractivity contribution in [3.05, 3.63) is 53.7 Å². The molecule has 0 saturated carbocycles. The smallest absolute Gasteiger partial charge is 0.251 e. The topological polar surface area (TPSA) is 91.5 Å². The molecule has 24 heavy (non-hydrogen) atoms. The first-order valence-corrected chi connectivity index (χ1v) is 8.10. The van der Waals surface area contributed by atoms with Crippen LogP contribution in [0.25, 0.3) is 0 Å². The molecule has 0 bridgehead atoms. The minimum absolute atomic E-state index is 0.115. The Labute approximate surface area is 141 Å². The van der Waals surface area contributed by atoms with Crippen LogP contribution in [-0.2, 0) is 6.54 Å². The summed E-state index contributed by atoms with van der Waals surface area (Å²) >= 11 is 0. The predicted molar refractivity (Wildman–Crippen MR) is 92.5 cm³/mol. The maximum Gasteiger partial charge on any atom is 0.251 e. The standard InChI is InChI=1S/C18H22N4O2/c19-17-9-15(4-6-20-17)18(24)21-10-14-5-7-22(12-14)11-13-2-1-3-16(23)8-13/h1-4,6,8-9,14,23H,5,7,10-12H2,(H2,19,20)(H,21,24)/t14-/m1/s1. The Morgan fingerprint density at radius 1 is 1.38 bits per heavy atom. The summed E-state index contributed by atoms with van der Waals surface area (Å²) < 4.78 is 0. The first-order chi connectivity index (χ1) is 11.6. The quantitative estimate of drug-likeness (QED) is 0.776. The lowest BCUT2D eigenvalue weighted by Crippen LogP contribution is -2.31. The van der Waals surface area contributed by atoms with E-state index in [2.05, 4.69) is 15.2 Å². The molecule has 2 aromatic rings. The highest BCUT2D eigenvalue weighted by Gasteiger charge is 2.23. The third kappa shape index (κ3) is 4.23. The third-order valence-electron chi connectivity index (χ3n) is 4.28. The SMILES string of the molecule is Nc1cc(C(=O)NC[C@H]2CCN(Cc3cccc(O)c3)C2)ccn1. The molecule has 3 rings (SSSR count). The van der Waals surface area contributed by atoms with Gasteiger partial charge in [0.15, 0.2) is 0 Å². The number of phenolic OH excluding ortho intramolecular Hbond substituents is 1. The summed E-state index contributed by atoms with van der Waals surface area (Å²) in [5, 5.41) is 12.5. The first kappa shape index (κ1) is 16.3. The first-order valence-electron chi connectivity index (χ1n) is 8.10. The van der Waals surface area contributed by atoms with E-state index < -0.39 is 0 Å². The molecule has 0 unspecified atom stereocenters. The van der Waals surface area contributed by atoms with Crippen molar-refractivity contribution in [2.45, 2.75) is 13.0 Å². The number of nitrogens with two attached hydrogens (primary N) is 1. The second-order valence-corrected chi connectivity index (χ2v) is 6.24. The van der Waals surface area contributed by atoms with Crippen LogP contribution >= 0.6 is 0 Å². The number of hydrogen-bond donors (Lipinski definition) is 3. The van der Waals surface area contributed by atoms with Crippen LogP contribution in [0.2, 0.25) is 0 Å². The Balaban J connectivity index is 1.47.